The lowest BCUT2D eigenvalue weighted by Gasteiger charge is -2.33. The molecular weight excluding hydrogens is 562 g/mol. The zero-order valence-corrected chi connectivity index (χ0v) is 22.4. The van der Waals surface area contributed by atoms with Crippen molar-refractivity contribution in [2.75, 3.05) is 13.2 Å². The molecule has 2 aromatic rings. The van der Waals surface area contributed by atoms with E-state index in [1.54, 1.807) is 13.8 Å². The molecule has 1 aliphatic rings. The van der Waals surface area contributed by atoms with Crippen LogP contribution < -0.4 is 10.1 Å². The van der Waals surface area contributed by atoms with Gasteiger partial charge in [0.2, 0.25) is 0 Å². The average molecular weight is 593 g/mol. The Bertz CT molecular complexity index is 1280. The number of hydrogen-bond donors (Lipinski definition) is 4. The van der Waals surface area contributed by atoms with E-state index in [-0.39, 0.29) is 55.2 Å². The predicted molar refractivity (Wildman–Crippen MR) is 133 cm³/mol. The van der Waals surface area contributed by atoms with Crippen LogP contribution in [0.5, 0.6) is 17.2 Å². The number of nitrogens with one attached hydrogen (secondary N) is 1. The largest absolute Gasteiger partial charge is 0.504 e. The highest BCUT2D eigenvalue weighted by atomic mass is 19.4. The first-order valence-electron chi connectivity index (χ1n) is 12.6. The maximum atomic E-state index is 13.4. The van der Waals surface area contributed by atoms with Crippen LogP contribution in [-0.2, 0) is 22.4 Å². The first-order valence-corrected chi connectivity index (χ1v) is 12.6. The molecule has 1 fully saturated rings. The molecule has 41 heavy (non-hydrogen) atoms. The van der Waals surface area contributed by atoms with Crippen molar-refractivity contribution in [3.8, 4) is 17.2 Å². The van der Waals surface area contributed by atoms with Gasteiger partial charge >= 0.3 is 18.4 Å². The number of rotatable bonds is 10. The summed E-state index contributed by atoms with van der Waals surface area (Å²) in [5.41, 5.74) is -7.61. The van der Waals surface area contributed by atoms with Crippen LogP contribution in [-0.4, -0.2) is 57.7 Å². The maximum absolute atomic E-state index is 13.4. The summed E-state index contributed by atoms with van der Waals surface area (Å²) < 4.78 is 85.7. The highest BCUT2D eigenvalue weighted by Crippen LogP contribution is 2.50. The molecule has 0 saturated carbocycles. The number of hydrogen-bond acceptors (Lipinski definition) is 6. The van der Waals surface area contributed by atoms with Gasteiger partial charge in [-0.25, -0.2) is 4.79 Å². The second kappa shape index (κ2) is 11.3. The molecule has 0 spiro atoms. The third kappa shape index (κ3) is 6.16. The van der Waals surface area contributed by atoms with E-state index in [0.717, 1.165) is 17.0 Å². The normalized spacial score (nSPS) is 18.3. The van der Waals surface area contributed by atoms with E-state index in [1.807, 2.05) is 0 Å². The number of phenolic OH excluding ortho intramolecular Hbond substituents is 2. The minimum absolute atomic E-state index is 0.0182. The lowest BCUT2D eigenvalue weighted by molar-refractivity contribution is -0.376. The molecule has 1 aliphatic heterocycles. The standard InChI is InChI=1S/C27H30F6N2O6/c1-15(2)12-16-13-18(25(40,26(28,29)30)27(31,32)33)7-9-21(16)41-11-5-4-10-35-22(38)24(3,34-23(35)39)17-6-8-19(36)20(37)14-17/h6-9,13-15,36-37,40H,4-5,10-12H2,1-3H3,(H,34,39). The second-order valence-corrected chi connectivity index (χ2v) is 10.4. The number of imide groups is 1. The number of carbonyl (C=O) groups is 2. The number of alkyl halides is 6. The first-order chi connectivity index (χ1) is 18.8. The lowest BCUT2D eigenvalue weighted by atomic mass is 9.89. The highest BCUT2D eigenvalue weighted by Gasteiger charge is 2.71. The number of aromatic hydroxyl groups is 2. The van der Waals surface area contributed by atoms with Gasteiger partial charge in [-0.3, -0.25) is 9.69 Å². The van der Waals surface area contributed by atoms with E-state index in [2.05, 4.69) is 5.32 Å². The fraction of sp³-hybridized carbons (Fsp3) is 0.481. The summed E-state index contributed by atoms with van der Waals surface area (Å²) in [4.78, 5) is 26.5. The highest BCUT2D eigenvalue weighted by molar-refractivity contribution is 6.07. The van der Waals surface area contributed by atoms with Gasteiger partial charge in [0, 0.05) is 12.1 Å². The zero-order valence-electron chi connectivity index (χ0n) is 22.4. The zero-order chi connectivity index (χ0) is 31.0. The summed E-state index contributed by atoms with van der Waals surface area (Å²) in [5.74, 6) is -1.57. The Hall–Kier alpha value is -3.68. The molecular formula is C27H30F6N2O6. The molecule has 1 heterocycles. The Morgan fingerprint density at radius 2 is 1.59 bits per heavy atom. The van der Waals surface area contributed by atoms with Crippen molar-refractivity contribution in [1.82, 2.24) is 10.2 Å². The Morgan fingerprint density at radius 3 is 2.15 bits per heavy atom. The van der Waals surface area contributed by atoms with Gasteiger partial charge in [0.05, 0.1) is 6.61 Å². The van der Waals surface area contributed by atoms with Gasteiger partial charge in [-0.15, -0.1) is 0 Å². The van der Waals surface area contributed by atoms with Crippen LogP contribution in [0, 0.1) is 5.92 Å². The molecule has 0 aromatic heterocycles. The number of urea groups is 1. The van der Waals surface area contributed by atoms with Crippen molar-refractivity contribution >= 4 is 11.9 Å². The van der Waals surface area contributed by atoms with Crippen LogP contribution in [0.3, 0.4) is 0 Å². The van der Waals surface area contributed by atoms with Crippen molar-refractivity contribution in [1.29, 1.82) is 0 Å². The van der Waals surface area contributed by atoms with E-state index in [4.69, 9.17) is 4.74 Å². The summed E-state index contributed by atoms with van der Waals surface area (Å²) in [6.45, 7) is 4.82. The van der Waals surface area contributed by atoms with Crippen LogP contribution in [0.25, 0.3) is 0 Å². The number of amides is 3. The third-order valence-electron chi connectivity index (χ3n) is 6.79. The van der Waals surface area contributed by atoms with Crippen LogP contribution in [0.4, 0.5) is 31.1 Å². The fourth-order valence-electron chi connectivity index (χ4n) is 4.52. The molecule has 0 radical (unpaired) electrons. The molecule has 0 aliphatic carbocycles. The topological polar surface area (TPSA) is 119 Å². The number of phenols is 2. The number of carbonyl (C=O) groups excluding carboxylic acids is 2. The lowest BCUT2D eigenvalue weighted by Crippen LogP contribution is -2.53. The average Bonchev–Trinajstić information content (AvgIpc) is 3.07. The number of benzene rings is 2. The van der Waals surface area contributed by atoms with Crippen molar-refractivity contribution < 1.29 is 56.0 Å². The van der Waals surface area contributed by atoms with Gasteiger partial charge in [-0.2, -0.15) is 26.3 Å². The van der Waals surface area contributed by atoms with Gasteiger partial charge in [-0.05, 0) is 67.5 Å². The van der Waals surface area contributed by atoms with Crippen LogP contribution in [0.1, 0.15) is 50.3 Å². The van der Waals surface area contributed by atoms with E-state index >= 15 is 0 Å². The van der Waals surface area contributed by atoms with Crippen molar-refractivity contribution in [3.63, 3.8) is 0 Å². The van der Waals surface area contributed by atoms with Crippen LogP contribution in [0.15, 0.2) is 36.4 Å². The first kappa shape index (κ1) is 31.8. The monoisotopic (exact) mass is 592 g/mol. The van der Waals surface area contributed by atoms with Crippen LogP contribution in [0.2, 0.25) is 0 Å². The number of aliphatic hydroxyl groups is 1. The number of ether oxygens (including phenoxy) is 1. The van der Waals surface area contributed by atoms with E-state index in [9.17, 15) is 51.3 Å². The molecule has 4 N–H and O–H groups in total. The summed E-state index contributed by atoms with van der Waals surface area (Å²) >= 11 is 0. The predicted octanol–water partition coefficient (Wildman–Crippen LogP) is 5.23. The van der Waals surface area contributed by atoms with Gasteiger partial charge in [0.15, 0.2) is 11.5 Å². The van der Waals surface area contributed by atoms with Gasteiger partial charge < -0.3 is 25.4 Å². The Kier molecular flexibility index (Phi) is 8.78. The molecule has 3 rings (SSSR count). The Morgan fingerprint density at radius 1 is 0.951 bits per heavy atom. The van der Waals surface area contributed by atoms with Gasteiger partial charge in [0.1, 0.15) is 11.3 Å². The molecule has 1 unspecified atom stereocenters. The molecule has 1 atom stereocenters. The van der Waals surface area contributed by atoms with E-state index < -0.39 is 52.5 Å². The SMILES string of the molecule is CC(C)Cc1cc(C(O)(C(F)(F)F)C(F)(F)F)ccc1OCCCCN1C(=O)NC(C)(c2ccc(O)c(O)c2)C1=O. The number of unbranched alkanes of at least 4 members (excludes halogenated alkanes) is 1. The van der Waals surface area contributed by atoms with Crippen molar-refractivity contribution in [2.45, 2.75) is 63.5 Å². The van der Waals surface area contributed by atoms with Crippen molar-refractivity contribution in [3.05, 3.63) is 53.1 Å². The molecule has 8 nitrogen and oxygen atoms in total. The maximum Gasteiger partial charge on any atom is 0.430 e. The number of nitrogens with zero attached hydrogens (tertiary/aromatic N) is 1. The molecule has 1 saturated heterocycles. The summed E-state index contributed by atoms with van der Waals surface area (Å²) in [7, 11) is 0. The van der Waals surface area contributed by atoms with Crippen molar-refractivity contribution in [2.24, 2.45) is 5.92 Å². The second-order valence-electron chi connectivity index (χ2n) is 10.4. The summed E-state index contributed by atoms with van der Waals surface area (Å²) in [5, 5.41) is 31.6. The molecule has 2 aromatic carbocycles. The number of halogens is 6. The molecule has 0 bridgehead atoms. The molecule has 226 valence electrons. The Labute approximate surface area is 231 Å². The summed E-state index contributed by atoms with van der Waals surface area (Å²) in [6, 6.07) is 5.17. The summed E-state index contributed by atoms with van der Waals surface area (Å²) in [6.07, 6.45) is -11.4. The van der Waals surface area contributed by atoms with Crippen LogP contribution >= 0.6 is 0 Å². The minimum Gasteiger partial charge on any atom is -0.504 e. The smallest absolute Gasteiger partial charge is 0.430 e. The molecule has 3 amide bonds. The van der Waals surface area contributed by atoms with E-state index in [1.165, 1.54) is 19.1 Å². The van der Waals surface area contributed by atoms with Gasteiger partial charge in [0.25, 0.3) is 11.5 Å². The fourth-order valence-corrected chi connectivity index (χ4v) is 4.52. The molecule has 14 heteroatoms. The van der Waals surface area contributed by atoms with Gasteiger partial charge in [-0.1, -0.05) is 26.0 Å². The third-order valence-corrected chi connectivity index (χ3v) is 6.79. The quantitative estimate of drug-likeness (QED) is 0.130. The van der Waals surface area contributed by atoms with E-state index in [0.29, 0.717) is 12.1 Å². The minimum atomic E-state index is -6.01. The Balaban J connectivity index is 1.67.